The molecule has 3 aromatic carbocycles. The highest BCUT2D eigenvalue weighted by Gasteiger charge is 2.71. The first-order chi connectivity index (χ1) is 26.7. The fraction of sp³-hybridized carbons (Fsp3) is 0.429. The number of H-pyrrole nitrogens is 1. The van der Waals surface area contributed by atoms with Crippen LogP contribution in [0.3, 0.4) is 0 Å². The number of aryl methyl sites for hydroxylation is 1. The van der Waals surface area contributed by atoms with Crippen LogP contribution in [0.1, 0.15) is 69.2 Å². The highest BCUT2D eigenvalue weighted by Crippen LogP contribution is 2.69. The Morgan fingerprint density at radius 1 is 0.929 bits per heavy atom. The minimum absolute atomic E-state index is 0.0527. The second kappa shape index (κ2) is 17.1. The summed E-state index contributed by atoms with van der Waals surface area (Å²) in [6.07, 6.45) is -0.689. The molecule has 1 saturated heterocycles. The van der Waals surface area contributed by atoms with Gasteiger partial charge in [0.2, 0.25) is 0 Å². The molecule has 0 bridgehead atoms. The van der Waals surface area contributed by atoms with Gasteiger partial charge in [-0.3, -0.25) is 14.3 Å². The van der Waals surface area contributed by atoms with Gasteiger partial charge in [0.05, 0.1) is 51.2 Å². The van der Waals surface area contributed by atoms with Crippen molar-refractivity contribution >= 4 is 7.87 Å². The number of aromatic nitrogens is 2. The average Bonchev–Trinajstić information content (AvgIpc) is 3.50. The SMILES string of the molecule is COc1ccc(C(c2ccccc2)(c2ccc(OC)cc2)[C@]2(n3cc(C)c(=O)[nH]c3=O)C[C@](CC#N)(O[P+](O)(CCC#N)N(C(C)C)C(C)C)[C@@H](CO)O2)cc1. The van der Waals surface area contributed by atoms with E-state index in [1.165, 1.54) is 10.8 Å². The first kappa shape index (κ1) is 42.3. The van der Waals surface area contributed by atoms with E-state index in [9.17, 15) is 30.1 Å². The van der Waals surface area contributed by atoms with Gasteiger partial charge >= 0.3 is 13.6 Å². The predicted molar refractivity (Wildman–Crippen MR) is 213 cm³/mol. The van der Waals surface area contributed by atoms with Crippen LogP contribution in [0, 0.1) is 29.6 Å². The molecule has 0 saturated carbocycles. The first-order valence-electron chi connectivity index (χ1n) is 18.5. The minimum Gasteiger partial charge on any atom is -0.497 e. The van der Waals surface area contributed by atoms with E-state index in [-0.39, 0.29) is 43.1 Å². The Hall–Kier alpha value is -4.85. The van der Waals surface area contributed by atoms with Gasteiger partial charge in [0.1, 0.15) is 23.8 Å². The zero-order chi connectivity index (χ0) is 40.9. The molecule has 13 nitrogen and oxygen atoms in total. The number of methoxy groups -OCH3 is 2. The number of hydrogen-bond donors (Lipinski definition) is 3. The lowest BCUT2D eigenvalue weighted by Gasteiger charge is -2.50. The van der Waals surface area contributed by atoms with Crippen LogP contribution in [0.15, 0.2) is 94.6 Å². The molecule has 1 aromatic heterocycles. The number of benzene rings is 3. The molecule has 0 radical (unpaired) electrons. The molecule has 4 aromatic rings. The van der Waals surface area contributed by atoms with E-state index >= 15 is 0 Å². The van der Waals surface area contributed by atoms with Gasteiger partial charge in [0.15, 0.2) is 11.3 Å². The van der Waals surface area contributed by atoms with Crippen LogP contribution >= 0.6 is 7.87 Å². The van der Waals surface area contributed by atoms with Crippen LogP contribution in [0.4, 0.5) is 0 Å². The van der Waals surface area contributed by atoms with E-state index in [1.807, 2.05) is 87.0 Å². The second-order valence-corrected chi connectivity index (χ2v) is 17.0. The predicted octanol–water partition coefficient (Wildman–Crippen LogP) is 5.79. The summed E-state index contributed by atoms with van der Waals surface area (Å²) in [5.41, 5.74) is -4.59. The van der Waals surface area contributed by atoms with Crippen LogP contribution in [-0.2, 0) is 20.4 Å². The van der Waals surface area contributed by atoms with Gasteiger partial charge in [-0.1, -0.05) is 54.6 Å². The third-order valence-electron chi connectivity index (χ3n) is 10.6. The monoisotopic (exact) mass is 784 g/mol. The van der Waals surface area contributed by atoms with Crippen molar-refractivity contribution in [2.75, 3.05) is 27.0 Å². The largest absolute Gasteiger partial charge is 0.497 e. The number of aliphatic hydroxyl groups is 1. The summed E-state index contributed by atoms with van der Waals surface area (Å²) in [5.74, 6) is 1.13. The van der Waals surface area contributed by atoms with Crippen molar-refractivity contribution in [3.8, 4) is 23.6 Å². The van der Waals surface area contributed by atoms with E-state index in [0.29, 0.717) is 28.2 Å². The Balaban J connectivity index is 2.01. The highest BCUT2D eigenvalue weighted by molar-refractivity contribution is 7.63. The highest BCUT2D eigenvalue weighted by atomic mass is 31.2. The van der Waals surface area contributed by atoms with Crippen LogP contribution in [0.25, 0.3) is 0 Å². The number of nitriles is 2. The molecule has 3 N–H and O–H groups in total. The Bertz CT molecular complexity index is 2110. The molecule has 1 aliphatic heterocycles. The molecule has 5 rings (SSSR count). The fourth-order valence-corrected chi connectivity index (χ4v) is 11.6. The maximum absolute atomic E-state index is 14.5. The van der Waals surface area contributed by atoms with Gasteiger partial charge in [-0.15, -0.1) is 4.67 Å². The van der Waals surface area contributed by atoms with E-state index in [1.54, 1.807) is 45.4 Å². The topological polar surface area (TPSA) is 183 Å². The zero-order valence-electron chi connectivity index (χ0n) is 32.9. The number of rotatable bonds is 16. The fourth-order valence-electron chi connectivity index (χ4n) is 8.48. The summed E-state index contributed by atoms with van der Waals surface area (Å²) in [6, 6.07) is 27.9. The molecule has 14 heteroatoms. The lowest BCUT2D eigenvalue weighted by Crippen LogP contribution is -2.59. The maximum Gasteiger partial charge on any atom is 0.347 e. The lowest BCUT2D eigenvalue weighted by atomic mass is 9.60. The number of ether oxygens (including phenoxy) is 3. The molecule has 0 amide bonds. The van der Waals surface area contributed by atoms with Crippen molar-refractivity contribution in [2.24, 2.45) is 0 Å². The van der Waals surface area contributed by atoms with Gasteiger partial charge in [-0.25, -0.2) is 9.69 Å². The Labute approximate surface area is 328 Å². The molecule has 1 aliphatic rings. The smallest absolute Gasteiger partial charge is 0.347 e. The normalized spacial score (nSPS) is 20.8. The van der Waals surface area contributed by atoms with E-state index in [0.717, 1.165) is 0 Å². The molecule has 1 unspecified atom stereocenters. The van der Waals surface area contributed by atoms with Crippen molar-refractivity contribution < 1.29 is 28.7 Å². The number of aromatic amines is 1. The standard InChI is InChI=1S/C42H50N5O8P/c1-29(2)47(30(3)4)56(51,25-11-23-43)55-40(22-24-44)28-41(54-37(40)27-48,46-26-31(5)38(49)45-39(46)50)42(32-12-9-8-10-13-32,33-14-18-35(52-6)19-15-33)34-16-20-36(53-7)21-17-34/h8-10,12-21,26,29-30,37,48,51H,11,22,25,27-28H2,1-7H3/p+1/t37-,40+,41+,56?/m1/s1. The van der Waals surface area contributed by atoms with E-state index in [2.05, 4.69) is 17.1 Å². The summed E-state index contributed by atoms with van der Waals surface area (Å²) in [6.45, 7) is 8.53. The van der Waals surface area contributed by atoms with Gasteiger partial charge in [0.25, 0.3) is 5.56 Å². The second-order valence-electron chi connectivity index (χ2n) is 14.6. The third kappa shape index (κ3) is 7.39. The molecule has 56 heavy (non-hydrogen) atoms. The molecule has 0 aliphatic carbocycles. The Kier molecular flexibility index (Phi) is 12.9. The number of nitrogens with one attached hydrogen (secondary N) is 1. The molecule has 1 fully saturated rings. The molecule has 296 valence electrons. The summed E-state index contributed by atoms with van der Waals surface area (Å²) in [5, 5.41) is 31.8. The number of hydrogen-bond acceptors (Lipinski definition) is 11. The van der Waals surface area contributed by atoms with Crippen molar-refractivity contribution in [3.63, 3.8) is 0 Å². The quantitative estimate of drug-likeness (QED) is 0.0924. The molecule has 0 spiro atoms. The summed E-state index contributed by atoms with van der Waals surface area (Å²) >= 11 is 0. The molecule has 2 heterocycles. The van der Waals surface area contributed by atoms with Gasteiger partial charge in [0, 0.05) is 30.3 Å². The van der Waals surface area contributed by atoms with Gasteiger partial charge in [-0.2, -0.15) is 15.0 Å². The minimum atomic E-state index is -3.78. The van der Waals surface area contributed by atoms with Crippen LogP contribution < -0.4 is 20.7 Å². The molecular weight excluding hydrogens is 733 g/mol. The van der Waals surface area contributed by atoms with Crippen LogP contribution in [0.5, 0.6) is 11.5 Å². The summed E-state index contributed by atoms with van der Waals surface area (Å²) < 4.78 is 28.7. The Morgan fingerprint density at radius 2 is 1.46 bits per heavy atom. The van der Waals surface area contributed by atoms with Crippen molar-refractivity contribution in [2.45, 2.75) is 88.8 Å². The van der Waals surface area contributed by atoms with E-state index < -0.39 is 48.6 Å². The van der Waals surface area contributed by atoms with E-state index in [4.69, 9.17) is 18.7 Å². The van der Waals surface area contributed by atoms with Crippen molar-refractivity contribution in [3.05, 3.63) is 128 Å². The summed E-state index contributed by atoms with van der Waals surface area (Å²) in [7, 11) is -0.667. The zero-order valence-corrected chi connectivity index (χ0v) is 33.8. The van der Waals surface area contributed by atoms with Crippen molar-refractivity contribution in [1.82, 2.24) is 14.2 Å². The van der Waals surface area contributed by atoms with Crippen molar-refractivity contribution in [1.29, 1.82) is 10.5 Å². The number of aliphatic hydroxyl groups excluding tert-OH is 1. The van der Waals surface area contributed by atoms with Gasteiger partial charge in [-0.05, 0) is 75.6 Å². The first-order valence-corrected chi connectivity index (χ1v) is 20.3. The van der Waals surface area contributed by atoms with Crippen LogP contribution in [-0.4, -0.2) is 75.0 Å². The maximum atomic E-state index is 14.5. The lowest BCUT2D eigenvalue weighted by molar-refractivity contribution is -0.152. The molecular formula is C42H51N5O8P+. The third-order valence-corrected chi connectivity index (χ3v) is 13.7. The molecule has 4 atom stereocenters. The number of nitrogens with zero attached hydrogens (tertiary/aromatic N) is 4. The Morgan fingerprint density at radius 3 is 1.93 bits per heavy atom. The summed E-state index contributed by atoms with van der Waals surface area (Å²) in [4.78, 5) is 42.9. The van der Waals surface area contributed by atoms with Crippen LogP contribution in [0.2, 0.25) is 0 Å². The van der Waals surface area contributed by atoms with Gasteiger partial charge < -0.3 is 19.3 Å². The average molecular weight is 785 g/mol.